The fourth-order valence-corrected chi connectivity index (χ4v) is 5.76. The number of thiazole rings is 1. The Kier molecular flexibility index (Phi) is 6.28. The lowest BCUT2D eigenvalue weighted by Gasteiger charge is -2.30. The zero-order chi connectivity index (χ0) is 27.3. The Morgan fingerprint density at radius 2 is 2.08 bits per heavy atom. The Morgan fingerprint density at radius 3 is 2.85 bits per heavy atom. The average molecular weight is 568 g/mol. The van der Waals surface area contributed by atoms with E-state index in [4.69, 9.17) is 30.8 Å². The molecule has 0 radical (unpaired) electrons. The Hall–Kier alpha value is -4.29. The summed E-state index contributed by atoms with van der Waals surface area (Å²) in [5.41, 5.74) is 3.75. The molecule has 2 aromatic carbocycles. The number of carbonyl (C=O) groups is 1. The van der Waals surface area contributed by atoms with Gasteiger partial charge >= 0.3 is 6.09 Å². The van der Waals surface area contributed by atoms with Crippen molar-refractivity contribution >= 4 is 56.0 Å². The van der Waals surface area contributed by atoms with Crippen LogP contribution in [0.25, 0.3) is 31.8 Å². The third-order valence-corrected chi connectivity index (χ3v) is 7.45. The highest BCUT2D eigenvalue weighted by molar-refractivity contribution is 7.22. The molecule has 10 nitrogen and oxygen atoms in total. The van der Waals surface area contributed by atoms with Crippen LogP contribution >= 0.6 is 22.9 Å². The highest BCUT2D eigenvalue weighted by Gasteiger charge is 2.30. The smallest absolute Gasteiger partial charge is 0.411 e. The Labute approximate surface area is 229 Å². The second-order valence-electron chi connectivity index (χ2n) is 8.78. The minimum atomic E-state index is -1.27. The number of fused-ring (bicyclic) bond motifs is 4. The first-order valence-electron chi connectivity index (χ1n) is 11.7. The summed E-state index contributed by atoms with van der Waals surface area (Å²) in [5.74, 6) is 0.593. The molecular weight excluding hydrogens is 549 g/mol. The molecule has 0 bridgehead atoms. The maximum absolute atomic E-state index is 13.7. The molecule has 0 unspecified atom stereocenters. The molecule has 1 atom stereocenters. The van der Waals surface area contributed by atoms with E-state index in [1.54, 1.807) is 12.3 Å². The minimum Gasteiger partial charge on any atom is -0.484 e. The molecule has 0 saturated heterocycles. The van der Waals surface area contributed by atoms with Gasteiger partial charge in [0.2, 0.25) is 5.88 Å². The molecule has 1 aliphatic heterocycles. The summed E-state index contributed by atoms with van der Waals surface area (Å²) >= 11 is 7.99. The average Bonchev–Trinajstić information content (AvgIpc) is 3.37. The van der Waals surface area contributed by atoms with E-state index < -0.39 is 18.0 Å². The SMILES string of the molecule is COc1cnc2c(-c3nc4c(Cl)cc5c(c4s3)OC[C@@H](CN(C(=O)O)c3cncc(F)c3)O5)cc(C)cc2n1. The van der Waals surface area contributed by atoms with E-state index in [1.807, 2.05) is 19.1 Å². The summed E-state index contributed by atoms with van der Waals surface area (Å²) < 4.78 is 31.7. The number of anilines is 1. The molecule has 0 spiro atoms. The minimum absolute atomic E-state index is 0.0577. The molecule has 5 aromatic rings. The van der Waals surface area contributed by atoms with E-state index in [0.29, 0.717) is 48.7 Å². The summed E-state index contributed by atoms with van der Waals surface area (Å²) in [4.78, 5) is 30.4. The van der Waals surface area contributed by atoms with Gasteiger partial charge in [-0.1, -0.05) is 11.6 Å². The number of pyridine rings is 1. The van der Waals surface area contributed by atoms with Crippen molar-refractivity contribution in [2.75, 3.05) is 25.2 Å². The maximum atomic E-state index is 13.7. The van der Waals surface area contributed by atoms with Crippen LogP contribution < -0.4 is 19.1 Å². The van der Waals surface area contributed by atoms with Crippen molar-refractivity contribution in [1.29, 1.82) is 0 Å². The number of aromatic nitrogens is 4. The van der Waals surface area contributed by atoms with E-state index >= 15 is 0 Å². The summed E-state index contributed by atoms with van der Waals surface area (Å²) in [6.07, 6.45) is 1.87. The lowest BCUT2D eigenvalue weighted by molar-refractivity contribution is 0.0962. The van der Waals surface area contributed by atoms with Gasteiger partial charge in [0, 0.05) is 17.7 Å². The lowest BCUT2D eigenvalue weighted by atomic mass is 10.1. The molecule has 13 heteroatoms. The first-order chi connectivity index (χ1) is 18.8. The first kappa shape index (κ1) is 25.0. The van der Waals surface area contributed by atoms with E-state index in [2.05, 4.69) is 15.0 Å². The number of hydrogen-bond donors (Lipinski definition) is 1. The van der Waals surface area contributed by atoms with E-state index in [-0.39, 0.29) is 18.8 Å². The second kappa shape index (κ2) is 9.79. The number of methoxy groups -OCH3 is 1. The standard InChI is InChI=1S/C26H19ClFN5O5S/c1-12-3-16(21-18(4-12)31-20(36-2)9-30-21)25-32-22-17(27)6-19-23(24(22)39-25)37-11-15(38-19)10-33(26(34)35)14-5-13(28)7-29-8-14/h3-9,15H,10-11H2,1-2H3,(H,34,35)/t15-/m1/s1. The topological polar surface area (TPSA) is 120 Å². The van der Waals surface area contributed by atoms with E-state index in [0.717, 1.165) is 28.3 Å². The second-order valence-corrected chi connectivity index (χ2v) is 10.2. The van der Waals surface area contributed by atoms with Crippen molar-refractivity contribution in [2.24, 2.45) is 0 Å². The number of nitrogens with zero attached hydrogens (tertiary/aromatic N) is 5. The molecular formula is C26H19ClFN5O5S. The van der Waals surface area contributed by atoms with Crippen molar-refractivity contribution in [3.8, 4) is 28.0 Å². The first-order valence-corrected chi connectivity index (χ1v) is 12.9. The molecule has 39 heavy (non-hydrogen) atoms. The number of amides is 1. The van der Waals surface area contributed by atoms with Gasteiger partial charge in [-0.05, 0) is 24.6 Å². The quantitative estimate of drug-likeness (QED) is 0.283. The normalized spacial score (nSPS) is 14.5. The van der Waals surface area contributed by atoms with Crippen molar-refractivity contribution in [2.45, 2.75) is 13.0 Å². The number of halogens is 2. The third kappa shape index (κ3) is 4.61. The van der Waals surface area contributed by atoms with Gasteiger partial charge in [0.15, 0.2) is 17.6 Å². The van der Waals surface area contributed by atoms with Gasteiger partial charge in [0.25, 0.3) is 0 Å². The van der Waals surface area contributed by atoms with Gasteiger partial charge in [-0.2, -0.15) is 0 Å². The van der Waals surface area contributed by atoms with Gasteiger partial charge < -0.3 is 19.3 Å². The van der Waals surface area contributed by atoms with Crippen molar-refractivity contribution in [3.63, 3.8) is 0 Å². The van der Waals surface area contributed by atoms with Gasteiger partial charge in [-0.15, -0.1) is 11.3 Å². The molecule has 4 heterocycles. The molecule has 1 amide bonds. The van der Waals surface area contributed by atoms with Crippen molar-refractivity contribution < 1.29 is 28.5 Å². The number of ether oxygens (including phenoxy) is 3. The molecule has 0 fully saturated rings. The van der Waals surface area contributed by atoms with Crippen LogP contribution in [0, 0.1) is 12.7 Å². The van der Waals surface area contributed by atoms with Crippen LogP contribution in [0.5, 0.6) is 17.4 Å². The van der Waals surface area contributed by atoms with Crippen LogP contribution in [0.2, 0.25) is 5.02 Å². The predicted octanol–water partition coefficient (Wildman–Crippen LogP) is 5.74. The number of aryl methyl sites for hydroxylation is 1. The summed E-state index contributed by atoms with van der Waals surface area (Å²) in [6, 6.07) is 6.60. The Bertz CT molecular complexity index is 1770. The zero-order valence-electron chi connectivity index (χ0n) is 20.5. The fourth-order valence-electron chi connectivity index (χ4n) is 4.37. The molecule has 0 aliphatic carbocycles. The van der Waals surface area contributed by atoms with Crippen LogP contribution in [-0.4, -0.2) is 57.5 Å². The zero-order valence-corrected chi connectivity index (χ0v) is 22.1. The lowest BCUT2D eigenvalue weighted by Crippen LogP contribution is -2.43. The third-order valence-electron chi connectivity index (χ3n) is 6.08. The van der Waals surface area contributed by atoms with Gasteiger partial charge in [0.1, 0.15) is 27.6 Å². The Balaban J connectivity index is 1.35. The van der Waals surface area contributed by atoms with Crippen LogP contribution in [0.4, 0.5) is 14.9 Å². The van der Waals surface area contributed by atoms with Crippen LogP contribution in [-0.2, 0) is 0 Å². The maximum Gasteiger partial charge on any atom is 0.411 e. The van der Waals surface area contributed by atoms with Crippen molar-refractivity contribution in [3.05, 3.63) is 59.3 Å². The number of rotatable bonds is 5. The van der Waals surface area contributed by atoms with Crippen LogP contribution in [0.1, 0.15) is 5.56 Å². The molecule has 3 aromatic heterocycles. The summed E-state index contributed by atoms with van der Waals surface area (Å²) in [6.45, 7) is 1.91. The largest absolute Gasteiger partial charge is 0.484 e. The fraction of sp³-hybridized carbons (Fsp3) is 0.192. The van der Waals surface area contributed by atoms with Crippen LogP contribution in [0.15, 0.2) is 42.9 Å². The van der Waals surface area contributed by atoms with Crippen LogP contribution in [0.3, 0.4) is 0 Å². The molecule has 198 valence electrons. The number of carboxylic acid groups (broad SMARTS) is 1. The predicted molar refractivity (Wildman–Crippen MR) is 144 cm³/mol. The number of hydrogen-bond acceptors (Lipinski definition) is 9. The van der Waals surface area contributed by atoms with Gasteiger partial charge in [-0.3, -0.25) is 9.88 Å². The highest BCUT2D eigenvalue weighted by atomic mass is 35.5. The number of benzene rings is 2. The van der Waals surface area contributed by atoms with E-state index in [1.165, 1.54) is 24.6 Å². The summed E-state index contributed by atoms with van der Waals surface area (Å²) in [7, 11) is 1.54. The molecule has 1 N–H and O–H groups in total. The summed E-state index contributed by atoms with van der Waals surface area (Å²) in [5, 5.41) is 10.7. The Morgan fingerprint density at radius 1 is 1.23 bits per heavy atom. The molecule has 6 rings (SSSR count). The van der Waals surface area contributed by atoms with Gasteiger partial charge in [-0.25, -0.2) is 24.1 Å². The van der Waals surface area contributed by atoms with Gasteiger partial charge in [0.05, 0.1) is 54.0 Å². The van der Waals surface area contributed by atoms with Crippen molar-refractivity contribution in [1.82, 2.24) is 19.9 Å². The van der Waals surface area contributed by atoms with E-state index in [9.17, 15) is 14.3 Å². The molecule has 0 saturated carbocycles. The molecule has 1 aliphatic rings. The highest BCUT2D eigenvalue weighted by Crippen LogP contribution is 2.47. The monoisotopic (exact) mass is 567 g/mol.